The van der Waals surface area contributed by atoms with Crippen molar-refractivity contribution in [1.82, 2.24) is 10.9 Å². The van der Waals surface area contributed by atoms with E-state index in [4.69, 9.17) is 4.74 Å². The molecule has 3 N–H and O–H groups in total. The van der Waals surface area contributed by atoms with Gasteiger partial charge in [-0.25, -0.2) is 12.8 Å². The molecule has 0 aliphatic carbocycles. The zero-order chi connectivity index (χ0) is 20.0. The van der Waals surface area contributed by atoms with Gasteiger partial charge in [-0.1, -0.05) is 18.2 Å². The van der Waals surface area contributed by atoms with Crippen molar-refractivity contribution >= 4 is 27.5 Å². The lowest BCUT2D eigenvalue weighted by molar-refractivity contribution is -0.128. The monoisotopic (exact) mass is 395 g/mol. The average molecular weight is 395 g/mol. The Kier molecular flexibility index (Phi) is 6.35. The van der Waals surface area contributed by atoms with Crippen LogP contribution in [0.3, 0.4) is 0 Å². The smallest absolute Gasteiger partial charge is 0.279 e. The molecule has 0 heterocycles. The van der Waals surface area contributed by atoms with Crippen molar-refractivity contribution in [3.8, 4) is 5.75 Å². The van der Waals surface area contributed by atoms with Crippen LogP contribution in [0.1, 0.15) is 17.3 Å². The first-order valence-electron chi connectivity index (χ1n) is 7.75. The topological polar surface area (TPSA) is 114 Å². The van der Waals surface area contributed by atoms with E-state index in [9.17, 15) is 22.4 Å². The normalized spacial score (nSPS) is 12.0. The molecule has 2 rings (SSSR count). The van der Waals surface area contributed by atoms with Gasteiger partial charge in [0, 0.05) is 11.3 Å². The minimum Gasteiger partial charge on any atom is -0.478 e. The zero-order valence-corrected chi connectivity index (χ0v) is 15.3. The SMILES string of the molecule is CC(Oc1ccccc1F)C(=O)NNC(=O)c1cccc(NS(C)(=O)=O)c1. The molecule has 0 radical (unpaired) electrons. The van der Waals surface area contributed by atoms with Crippen molar-refractivity contribution < 1.29 is 27.1 Å². The standard InChI is InChI=1S/C17H18FN3O5S/c1-11(26-15-9-4-3-8-14(15)18)16(22)19-20-17(23)12-6-5-7-13(10-12)21-27(2,24)25/h3-11,21H,1-2H3,(H,19,22)(H,20,23). The third-order valence-corrected chi connectivity index (χ3v) is 3.84. The summed E-state index contributed by atoms with van der Waals surface area (Å²) in [6.45, 7) is 1.39. The van der Waals surface area contributed by atoms with Crippen molar-refractivity contribution in [2.75, 3.05) is 11.0 Å². The predicted molar refractivity (Wildman–Crippen MR) is 97.0 cm³/mol. The van der Waals surface area contributed by atoms with Crippen LogP contribution in [0, 0.1) is 5.82 Å². The van der Waals surface area contributed by atoms with E-state index >= 15 is 0 Å². The summed E-state index contributed by atoms with van der Waals surface area (Å²) in [5.41, 5.74) is 4.66. The van der Waals surface area contributed by atoms with Gasteiger partial charge in [-0.05, 0) is 37.3 Å². The molecule has 2 amide bonds. The molecule has 27 heavy (non-hydrogen) atoms. The Morgan fingerprint density at radius 2 is 1.78 bits per heavy atom. The first-order chi connectivity index (χ1) is 12.7. The first kappa shape index (κ1) is 20.2. The molecule has 2 aromatic rings. The highest BCUT2D eigenvalue weighted by atomic mass is 32.2. The molecule has 0 saturated carbocycles. The number of sulfonamides is 1. The van der Waals surface area contributed by atoms with Crippen LogP contribution in [0.15, 0.2) is 48.5 Å². The minimum atomic E-state index is -3.49. The van der Waals surface area contributed by atoms with Crippen LogP contribution in [-0.4, -0.2) is 32.6 Å². The second-order valence-corrected chi connectivity index (χ2v) is 7.34. The highest BCUT2D eigenvalue weighted by molar-refractivity contribution is 7.92. The van der Waals surface area contributed by atoms with Gasteiger partial charge < -0.3 is 4.74 Å². The molecule has 10 heteroatoms. The van der Waals surface area contributed by atoms with E-state index in [1.54, 1.807) is 6.07 Å². The van der Waals surface area contributed by atoms with Gasteiger partial charge in [-0.3, -0.25) is 25.2 Å². The fourth-order valence-electron chi connectivity index (χ4n) is 2.01. The number of para-hydroxylation sites is 1. The average Bonchev–Trinajstić information content (AvgIpc) is 2.60. The molecule has 0 bridgehead atoms. The number of carbonyl (C=O) groups excluding carboxylic acids is 2. The number of anilines is 1. The van der Waals surface area contributed by atoms with E-state index in [1.165, 1.54) is 49.4 Å². The molecular formula is C17H18FN3O5S. The largest absolute Gasteiger partial charge is 0.478 e. The van der Waals surface area contributed by atoms with E-state index in [-0.39, 0.29) is 17.0 Å². The van der Waals surface area contributed by atoms with Crippen molar-refractivity contribution in [1.29, 1.82) is 0 Å². The van der Waals surface area contributed by atoms with Crippen LogP contribution in [-0.2, 0) is 14.8 Å². The maximum absolute atomic E-state index is 13.5. The van der Waals surface area contributed by atoms with Crippen LogP contribution < -0.4 is 20.3 Å². The number of carbonyl (C=O) groups is 2. The summed E-state index contributed by atoms with van der Waals surface area (Å²) in [6, 6.07) is 11.3. The van der Waals surface area contributed by atoms with Crippen molar-refractivity contribution in [2.24, 2.45) is 0 Å². The number of hydrogen-bond donors (Lipinski definition) is 3. The molecule has 1 unspecified atom stereocenters. The van der Waals surface area contributed by atoms with E-state index in [1.807, 2.05) is 0 Å². The summed E-state index contributed by atoms with van der Waals surface area (Å²) in [5.74, 6) is -2.07. The highest BCUT2D eigenvalue weighted by Crippen LogP contribution is 2.17. The number of ether oxygens (including phenoxy) is 1. The quantitative estimate of drug-likeness (QED) is 0.641. The van der Waals surface area contributed by atoms with Gasteiger partial charge >= 0.3 is 0 Å². The van der Waals surface area contributed by atoms with Crippen LogP contribution >= 0.6 is 0 Å². The summed E-state index contributed by atoms with van der Waals surface area (Å²) in [5, 5.41) is 0. The minimum absolute atomic E-state index is 0.0916. The molecule has 0 spiro atoms. The third-order valence-electron chi connectivity index (χ3n) is 3.24. The number of hydrogen-bond acceptors (Lipinski definition) is 5. The van der Waals surface area contributed by atoms with Crippen molar-refractivity contribution in [3.05, 3.63) is 59.9 Å². The lowest BCUT2D eigenvalue weighted by Crippen LogP contribution is -2.47. The van der Waals surface area contributed by atoms with Gasteiger partial charge in [-0.2, -0.15) is 0 Å². The van der Waals surface area contributed by atoms with E-state index in [0.29, 0.717) is 0 Å². The maximum Gasteiger partial charge on any atom is 0.279 e. The summed E-state index contributed by atoms with van der Waals surface area (Å²) in [4.78, 5) is 24.1. The maximum atomic E-state index is 13.5. The molecule has 0 aliphatic heterocycles. The summed E-state index contributed by atoms with van der Waals surface area (Å²) in [7, 11) is -3.49. The van der Waals surface area contributed by atoms with Crippen molar-refractivity contribution in [2.45, 2.75) is 13.0 Å². The van der Waals surface area contributed by atoms with Crippen LogP contribution in [0.2, 0.25) is 0 Å². The zero-order valence-electron chi connectivity index (χ0n) is 14.5. The van der Waals surface area contributed by atoms with Gasteiger partial charge in [0.2, 0.25) is 10.0 Å². The molecular weight excluding hydrogens is 377 g/mol. The molecule has 144 valence electrons. The van der Waals surface area contributed by atoms with Gasteiger partial charge in [0.05, 0.1) is 6.26 Å². The molecule has 0 saturated heterocycles. The Bertz CT molecular complexity index is 949. The first-order valence-corrected chi connectivity index (χ1v) is 9.64. The van der Waals surface area contributed by atoms with Gasteiger partial charge in [0.15, 0.2) is 17.7 Å². The second kappa shape index (κ2) is 8.49. The van der Waals surface area contributed by atoms with Crippen LogP contribution in [0.5, 0.6) is 5.75 Å². The summed E-state index contributed by atoms with van der Waals surface area (Å²) in [6.07, 6.45) is -0.0860. The number of hydrazine groups is 1. The fraction of sp³-hybridized carbons (Fsp3) is 0.176. The second-order valence-electron chi connectivity index (χ2n) is 5.59. The summed E-state index contributed by atoms with van der Waals surface area (Å²) < 4.78 is 43.4. The van der Waals surface area contributed by atoms with Gasteiger partial charge in [0.25, 0.3) is 11.8 Å². The van der Waals surface area contributed by atoms with Crippen LogP contribution in [0.4, 0.5) is 10.1 Å². The number of amides is 2. The molecule has 2 aromatic carbocycles. The van der Waals surface area contributed by atoms with E-state index < -0.39 is 33.8 Å². The van der Waals surface area contributed by atoms with E-state index in [2.05, 4.69) is 15.6 Å². The number of nitrogens with one attached hydrogen (secondary N) is 3. The van der Waals surface area contributed by atoms with E-state index in [0.717, 1.165) is 6.26 Å². The lowest BCUT2D eigenvalue weighted by Gasteiger charge is -2.15. The molecule has 0 aliphatic rings. The summed E-state index contributed by atoms with van der Waals surface area (Å²) >= 11 is 0. The molecule has 0 aromatic heterocycles. The molecule has 8 nitrogen and oxygen atoms in total. The Morgan fingerprint density at radius 1 is 1.07 bits per heavy atom. The number of halogens is 1. The Labute approximate surface area is 155 Å². The number of rotatable bonds is 6. The number of benzene rings is 2. The third kappa shape index (κ3) is 6.26. The Hall–Kier alpha value is -3.14. The Balaban J connectivity index is 1.94. The molecule has 0 fully saturated rings. The van der Waals surface area contributed by atoms with Crippen LogP contribution in [0.25, 0.3) is 0 Å². The highest BCUT2D eigenvalue weighted by Gasteiger charge is 2.17. The van der Waals surface area contributed by atoms with Crippen molar-refractivity contribution in [3.63, 3.8) is 0 Å². The fourth-order valence-corrected chi connectivity index (χ4v) is 2.57. The lowest BCUT2D eigenvalue weighted by atomic mass is 10.2. The Morgan fingerprint density at radius 3 is 2.44 bits per heavy atom. The van der Waals surface area contributed by atoms with Gasteiger partial charge in [-0.15, -0.1) is 0 Å². The predicted octanol–water partition coefficient (Wildman–Crippen LogP) is 1.43. The molecule has 1 atom stereocenters. The van der Waals surface area contributed by atoms with Gasteiger partial charge in [0.1, 0.15) is 0 Å².